The van der Waals surface area contributed by atoms with Crippen LogP contribution in [0.3, 0.4) is 0 Å². The summed E-state index contributed by atoms with van der Waals surface area (Å²) in [6.45, 7) is 4.59. The molecule has 0 aromatic carbocycles. The molecule has 4 nitrogen and oxygen atoms in total. The van der Waals surface area contributed by atoms with Crippen LogP contribution < -0.4 is 0 Å². The molecule has 0 spiro atoms. The van der Waals surface area contributed by atoms with Gasteiger partial charge in [0.1, 0.15) is 0 Å². The molecule has 1 saturated heterocycles. The molecular formula is C9H23NO3. The fourth-order valence-electron chi connectivity index (χ4n) is 0.746. The largest absolute Gasteiger partial charge is 0.394 e. The van der Waals surface area contributed by atoms with Crippen molar-refractivity contribution in [3.63, 3.8) is 0 Å². The van der Waals surface area contributed by atoms with E-state index in [2.05, 4.69) is 16.7 Å². The van der Waals surface area contributed by atoms with Gasteiger partial charge in [0.15, 0.2) is 0 Å². The van der Waals surface area contributed by atoms with Gasteiger partial charge in [-0.1, -0.05) is 7.43 Å². The van der Waals surface area contributed by atoms with Crippen LogP contribution in [0.5, 0.6) is 0 Å². The Morgan fingerprint density at radius 2 is 1.92 bits per heavy atom. The molecule has 0 atom stereocenters. The first-order chi connectivity index (χ1) is 5.81. The van der Waals surface area contributed by atoms with Crippen LogP contribution in [0.2, 0.25) is 0 Å². The van der Waals surface area contributed by atoms with Crippen LogP contribution in [0.25, 0.3) is 0 Å². The molecule has 1 aliphatic rings. The molecule has 0 radical (unpaired) electrons. The minimum atomic E-state index is 0. The number of methoxy groups -OCH3 is 1. The van der Waals surface area contributed by atoms with Crippen molar-refractivity contribution in [3.05, 3.63) is 0 Å². The van der Waals surface area contributed by atoms with E-state index in [0.717, 1.165) is 26.3 Å². The molecule has 1 heterocycles. The second-order valence-electron chi connectivity index (χ2n) is 2.63. The van der Waals surface area contributed by atoms with Gasteiger partial charge in [-0.15, -0.1) is 0 Å². The highest BCUT2D eigenvalue weighted by Gasteiger charge is 2.02. The molecule has 1 aliphatic heterocycles. The lowest BCUT2D eigenvalue weighted by Crippen LogP contribution is -2.32. The number of likely N-dealkylation sites (N-methyl/N-ethyl adjacent to an activating group) is 1. The molecule has 82 valence electrons. The molecule has 0 aromatic rings. The van der Waals surface area contributed by atoms with Gasteiger partial charge in [0.2, 0.25) is 0 Å². The predicted octanol–water partition coefficient (Wildman–Crippen LogP) is 0.210. The number of nitrogens with zero attached hydrogens (tertiary/aromatic N) is 1. The average molecular weight is 193 g/mol. The minimum absolute atomic E-state index is 0. The van der Waals surface area contributed by atoms with Gasteiger partial charge < -0.3 is 19.5 Å². The number of morpholine rings is 1. The summed E-state index contributed by atoms with van der Waals surface area (Å²) in [5.41, 5.74) is 0. The van der Waals surface area contributed by atoms with Gasteiger partial charge in [0, 0.05) is 20.2 Å². The summed E-state index contributed by atoms with van der Waals surface area (Å²) >= 11 is 0. The summed E-state index contributed by atoms with van der Waals surface area (Å²) in [5, 5.41) is 7.94. The molecule has 0 saturated carbocycles. The zero-order valence-corrected chi connectivity index (χ0v) is 7.95. The van der Waals surface area contributed by atoms with Gasteiger partial charge in [-0.05, 0) is 7.05 Å². The van der Waals surface area contributed by atoms with Crippen LogP contribution >= 0.6 is 0 Å². The van der Waals surface area contributed by atoms with Crippen molar-refractivity contribution in [3.8, 4) is 0 Å². The molecule has 0 amide bonds. The lowest BCUT2D eigenvalue weighted by Gasteiger charge is -2.21. The Kier molecular flexibility index (Phi) is 14.0. The highest BCUT2D eigenvalue weighted by Crippen LogP contribution is 1.89. The molecule has 0 bridgehead atoms. The van der Waals surface area contributed by atoms with E-state index in [0.29, 0.717) is 6.61 Å². The summed E-state index contributed by atoms with van der Waals surface area (Å²) in [7, 11) is 3.67. The van der Waals surface area contributed by atoms with E-state index in [1.807, 2.05) is 0 Å². The first-order valence-electron chi connectivity index (χ1n) is 4.17. The van der Waals surface area contributed by atoms with Crippen LogP contribution in [0.1, 0.15) is 7.43 Å². The Hall–Kier alpha value is -0.160. The molecule has 1 fully saturated rings. The number of hydrogen-bond donors (Lipinski definition) is 1. The lowest BCUT2D eigenvalue weighted by molar-refractivity contribution is 0.0503. The standard InChI is InChI=1S/C5H11NO.C3H8O2.CH4/c1-6-2-4-7-5-3-6;1-5-3-2-4;/h2-5H2,1H3;4H,2-3H2,1H3;1H4. The molecular weight excluding hydrogens is 170 g/mol. The minimum Gasteiger partial charge on any atom is -0.394 e. The molecule has 4 heteroatoms. The third kappa shape index (κ3) is 11.8. The summed E-state index contributed by atoms with van der Waals surface area (Å²) < 4.78 is 9.54. The first kappa shape index (κ1) is 15.3. The van der Waals surface area contributed by atoms with Crippen molar-refractivity contribution >= 4 is 0 Å². The van der Waals surface area contributed by atoms with Crippen LogP contribution in [0.4, 0.5) is 0 Å². The van der Waals surface area contributed by atoms with Crippen molar-refractivity contribution in [2.75, 3.05) is 53.7 Å². The Morgan fingerprint density at radius 3 is 2.08 bits per heavy atom. The SMILES string of the molecule is C.CN1CCOCC1.COCCO. The van der Waals surface area contributed by atoms with Crippen LogP contribution in [-0.2, 0) is 9.47 Å². The smallest absolute Gasteiger partial charge is 0.0693 e. The number of ether oxygens (including phenoxy) is 2. The van der Waals surface area contributed by atoms with Gasteiger partial charge in [0.25, 0.3) is 0 Å². The summed E-state index contributed by atoms with van der Waals surface area (Å²) in [5.74, 6) is 0. The van der Waals surface area contributed by atoms with Crippen LogP contribution in [0, 0.1) is 0 Å². The highest BCUT2D eigenvalue weighted by molar-refractivity contribution is 4.53. The van der Waals surface area contributed by atoms with E-state index >= 15 is 0 Å². The molecule has 1 rings (SSSR count). The summed E-state index contributed by atoms with van der Waals surface area (Å²) in [6, 6.07) is 0. The number of hydrogen-bond acceptors (Lipinski definition) is 4. The Morgan fingerprint density at radius 1 is 1.38 bits per heavy atom. The second kappa shape index (κ2) is 11.8. The highest BCUT2D eigenvalue weighted by atomic mass is 16.5. The number of aliphatic hydroxyl groups is 1. The van der Waals surface area contributed by atoms with E-state index in [1.165, 1.54) is 0 Å². The van der Waals surface area contributed by atoms with E-state index in [-0.39, 0.29) is 14.0 Å². The van der Waals surface area contributed by atoms with Crippen molar-refractivity contribution in [2.45, 2.75) is 7.43 Å². The Bertz CT molecular complexity index is 82.9. The molecule has 13 heavy (non-hydrogen) atoms. The zero-order valence-electron chi connectivity index (χ0n) is 7.95. The van der Waals surface area contributed by atoms with Crippen LogP contribution in [-0.4, -0.2) is 63.7 Å². The van der Waals surface area contributed by atoms with Crippen molar-refractivity contribution in [1.82, 2.24) is 4.90 Å². The van der Waals surface area contributed by atoms with Gasteiger partial charge in [-0.25, -0.2) is 0 Å². The third-order valence-corrected chi connectivity index (χ3v) is 1.53. The predicted molar refractivity (Wildman–Crippen MR) is 54.0 cm³/mol. The maximum atomic E-state index is 7.94. The van der Waals surface area contributed by atoms with E-state index in [9.17, 15) is 0 Å². The Labute approximate surface area is 81.4 Å². The van der Waals surface area contributed by atoms with E-state index < -0.39 is 0 Å². The maximum absolute atomic E-state index is 7.94. The fraction of sp³-hybridized carbons (Fsp3) is 1.00. The molecule has 0 unspecified atom stereocenters. The maximum Gasteiger partial charge on any atom is 0.0693 e. The normalized spacial score (nSPS) is 16.8. The molecule has 0 aliphatic carbocycles. The van der Waals surface area contributed by atoms with Gasteiger partial charge in [0.05, 0.1) is 26.4 Å². The summed E-state index contributed by atoms with van der Waals surface area (Å²) in [6.07, 6.45) is 0. The second-order valence-corrected chi connectivity index (χ2v) is 2.63. The number of rotatable bonds is 2. The Balaban J connectivity index is 0. The van der Waals surface area contributed by atoms with Crippen molar-refractivity contribution in [2.24, 2.45) is 0 Å². The quantitative estimate of drug-likeness (QED) is 0.681. The molecule has 0 aromatic heterocycles. The van der Waals surface area contributed by atoms with Crippen LogP contribution in [0.15, 0.2) is 0 Å². The van der Waals surface area contributed by atoms with E-state index in [4.69, 9.17) is 9.84 Å². The van der Waals surface area contributed by atoms with Gasteiger partial charge >= 0.3 is 0 Å². The van der Waals surface area contributed by atoms with Crippen molar-refractivity contribution < 1.29 is 14.6 Å². The lowest BCUT2D eigenvalue weighted by atomic mass is 10.5. The summed E-state index contributed by atoms with van der Waals surface area (Å²) in [4.78, 5) is 2.27. The monoisotopic (exact) mass is 193 g/mol. The average Bonchev–Trinajstić information content (AvgIpc) is 2.08. The van der Waals surface area contributed by atoms with Gasteiger partial charge in [-0.3, -0.25) is 0 Å². The number of aliphatic hydroxyl groups excluding tert-OH is 1. The first-order valence-corrected chi connectivity index (χ1v) is 4.17. The molecule has 1 N–H and O–H groups in total. The van der Waals surface area contributed by atoms with Gasteiger partial charge in [-0.2, -0.15) is 0 Å². The fourth-order valence-corrected chi connectivity index (χ4v) is 0.746. The van der Waals surface area contributed by atoms with E-state index in [1.54, 1.807) is 7.11 Å². The zero-order chi connectivity index (χ0) is 9.23. The topological polar surface area (TPSA) is 41.9 Å². The van der Waals surface area contributed by atoms with Crippen molar-refractivity contribution in [1.29, 1.82) is 0 Å². The third-order valence-electron chi connectivity index (χ3n) is 1.53.